The van der Waals surface area contributed by atoms with Crippen LogP contribution in [0.25, 0.3) is 5.95 Å². The SMILES string of the molecule is Clc1ccc(Nc2nc(Cl)nc(-n3ccnc3)n2)c(Br)c1. The summed E-state index contributed by atoms with van der Waals surface area (Å²) < 4.78 is 2.42. The van der Waals surface area contributed by atoms with Gasteiger partial charge >= 0.3 is 0 Å². The summed E-state index contributed by atoms with van der Waals surface area (Å²) in [5, 5.41) is 3.77. The molecule has 0 atom stereocenters. The van der Waals surface area contributed by atoms with Crippen molar-refractivity contribution in [3.63, 3.8) is 0 Å². The van der Waals surface area contributed by atoms with Crippen LogP contribution in [-0.2, 0) is 0 Å². The lowest BCUT2D eigenvalue weighted by molar-refractivity contribution is 0.899. The van der Waals surface area contributed by atoms with Crippen LogP contribution in [-0.4, -0.2) is 24.5 Å². The Balaban J connectivity index is 1.95. The maximum Gasteiger partial charge on any atom is 0.241 e. The molecule has 6 nitrogen and oxygen atoms in total. The molecule has 0 spiro atoms. The van der Waals surface area contributed by atoms with Gasteiger partial charge in [-0.15, -0.1) is 0 Å². The van der Waals surface area contributed by atoms with E-state index in [2.05, 4.69) is 41.2 Å². The quantitative estimate of drug-likeness (QED) is 0.741. The minimum atomic E-state index is 0.0845. The van der Waals surface area contributed by atoms with Gasteiger partial charge in [0.2, 0.25) is 17.2 Å². The molecule has 0 aliphatic heterocycles. The number of hydrogen-bond acceptors (Lipinski definition) is 5. The van der Waals surface area contributed by atoms with Crippen LogP contribution in [0.3, 0.4) is 0 Å². The number of hydrogen-bond donors (Lipinski definition) is 1. The van der Waals surface area contributed by atoms with E-state index >= 15 is 0 Å². The predicted molar refractivity (Wildman–Crippen MR) is 84.4 cm³/mol. The second kappa shape index (κ2) is 5.97. The Morgan fingerprint density at radius 1 is 1.14 bits per heavy atom. The van der Waals surface area contributed by atoms with Crippen molar-refractivity contribution in [2.24, 2.45) is 0 Å². The smallest absolute Gasteiger partial charge is 0.241 e. The van der Waals surface area contributed by atoms with Gasteiger partial charge in [-0.05, 0) is 45.7 Å². The van der Waals surface area contributed by atoms with E-state index in [9.17, 15) is 0 Å². The van der Waals surface area contributed by atoms with Crippen molar-refractivity contribution in [1.29, 1.82) is 0 Å². The lowest BCUT2D eigenvalue weighted by Gasteiger charge is -2.08. The Bertz CT molecular complexity index is 777. The summed E-state index contributed by atoms with van der Waals surface area (Å²) in [6, 6.07) is 5.33. The van der Waals surface area contributed by atoms with Crippen molar-refractivity contribution in [2.75, 3.05) is 5.32 Å². The fourth-order valence-corrected chi connectivity index (χ4v) is 2.54. The first-order valence-corrected chi connectivity index (χ1v) is 7.29. The molecule has 3 rings (SSSR count). The monoisotopic (exact) mass is 384 g/mol. The van der Waals surface area contributed by atoms with Gasteiger partial charge in [-0.3, -0.25) is 4.57 Å². The Kier molecular flexibility index (Phi) is 4.05. The lowest BCUT2D eigenvalue weighted by atomic mass is 10.3. The van der Waals surface area contributed by atoms with Crippen LogP contribution in [0.1, 0.15) is 0 Å². The standard InChI is InChI=1S/C12H7BrCl2N6/c13-8-5-7(14)1-2-9(8)17-11-18-10(15)19-12(20-11)21-4-3-16-6-21/h1-6H,(H,17,18,19,20). The molecule has 0 saturated carbocycles. The van der Waals surface area contributed by atoms with Gasteiger partial charge in [-0.1, -0.05) is 11.6 Å². The van der Waals surface area contributed by atoms with Gasteiger partial charge in [0.1, 0.15) is 6.33 Å². The highest BCUT2D eigenvalue weighted by Gasteiger charge is 2.08. The molecule has 0 radical (unpaired) electrons. The minimum Gasteiger partial charge on any atom is -0.323 e. The molecule has 0 bridgehead atoms. The molecule has 106 valence electrons. The third-order valence-corrected chi connectivity index (χ3v) is 3.57. The van der Waals surface area contributed by atoms with E-state index in [4.69, 9.17) is 23.2 Å². The number of anilines is 2. The number of benzene rings is 1. The van der Waals surface area contributed by atoms with E-state index in [-0.39, 0.29) is 5.28 Å². The maximum atomic E-state index is 5.93. The Morgan fingerprint density at radius 3 is 2.71 bits per heavy atom. The fraction of sp³-hybridized carbons (Fsp3) is 0. The third-order valence-electron chi connectivity index (χ3n) is 2.51. The van der Waals surface area contributed by atoms with E-state index in [1.807, 2.05) is 0 Å². The zero-order valence-electron chi connectivity index (χ0n) is 10.3. The molecule has 1 aromatic carbocycles. The van der Waals surface area contributed by atoms with Crippen molar-refractivity contribution < 1.29 is 0 Å². The fourth-order valence-electron chi connectivity index (χ4n) is 1.60. The second-order valence-electron chi connectivity index (χ2n) is 3.95. The van der Waals surface area contributed by atoms with E-state index in [1.54, 1.807) is 41.5 Å². The number of aromatic nitrogens is 5. The number of halogens is 3. The molecule has 3 aromatic rings. The molecular weight excluding hydrogens is 379 g/mol. The van der Waals surface area contributed by atoms with Crippen LogP contribution in [0.2, 0.25) is 10.3 Å². The molecule has 0 amide bonds. The summed E-state index contributed by atoms with van der Waals surface area (Å²) in [5.41, 5.74) is 0.762. The summed E-state index contributed by atoms with van der Waals surface area (Å²) in [6.07, 6.45) is 4.92. The molecule has 1 N–H and O–H groups in total. The van der Waals surface area contributed by atoms with Gasteiger partial charge in [0, 0.05) is 21.9 Å². The van der Waals surface area contributed by atoms with Crippen molar-refractivity contribution in [2.45, 2.75) is 0 Å². The summed E-state index contributed by atoms with van der Waals surface area (Å²) in [6.45, 7) is 0. The third kappa shape index (κ3) is 3.31. The number of nitrogens with zero attached hydrogens (tertiary/aromatic N) is 5. The van der Waals surface area contributed by atoms with Crippen molar-refractivity contribution in [3.05, 3.63) is 51.7 Å². The largest absolute Gasteiger partial charge is 0.323 e. The number of rotatable bonds is 3. The van der Waals surface area contributed by atoms with E-state index in [0.717, 1.165) is 10.2 Å². The molecule has 0 unspecified atom stereocenters. The first-order valence-electron chi connectivity index (χ1n) is 5.74. The Morgan fingerprint density at radius 2 is 2.00 bits per heavy atom. The number of nitrogens with one attached hydrogen (secondary N) is 1. The van der Waals surface area contributed by atoms with Gasteiger partial charge in [0.05, 0.1) is 5.69 Å². The van der Waals surface area contributed by atoms with Gasteiger partial charge in [-0.2, -0.15) is 15.0 Å². The van der Waals surface area contributed by atoms with Gasteiger partial charge in [0.15, 0.2) is 0 Å². The van der Waals surface area contributed by atoms with Gasteiger partial charge < -0.3 is 5.32 Å². The topological polar surface area (TPSA) is 68.5 Å². The zero-order valence-corrected chi connectivity index (χ0v) is 13.4. The molecular formula is C12H7BrCl2N6. The first-order chi connectivity index (χ1) is 10.1. The van der Waals surface area contributed by atoms with Gasteiger partial charge in [-0.25, -0.2) is 4.98 Å². The van der Waals surface area contributed by atoms with Crippen molar-refractivity contribution in [1.82, 2.24) is 24.5 Å². The normalized spacial score (nSPS) is 10.6. The molecule has 0 saturated heterocycles. The van der Waals surface area contributed by atoms with E-state index < -0.39 is 0 Å². The summed E-state index contributed by atoms with van der Waals surface area (Å²) in [4.78, 5) is 16.3. The molecule has 9 heteroatoms. The number of imidazole rings is 1. The summed E-state index contributed by atoms with van der Waals surface area (Å²) in [7, 11) is 0. The second-order valence-corrected chi connectivity index (χ2v) is 5.58. The van der Waals surface area contributed by atoms with Crippen LogP contribution in [0, 0.1) is 0 Å². The highest BCUT2D eigenvalue weighted by molar-refractivity contribution is 9.10. The predicted octanol–water partition coefficient (Wildman–Crippen LogP) is 3.87. The Labute approximate surface area is 138 Å². The van der Waals surface area contributed by atoms with E-state index in [0.29, 0.717) is 16.9 Å². The minimum absolute atomic E-state index is 0.0845. The molecule has 0 fully saturated rings. The Hall–Kier alpha value is -1.70. The van der Waals surface area contributed by atoms with Crippen molar-refractivity contribution >= 4 is 50.8 Å². The lowest BCUT2D eigenvalue weighted by Crippen LogP contribution is -2.05. The first kappa shape index (κ1) is 14.2. The van der Waals surface area contributed by atoms with Gasteiger partial charge in [0.25, 0.3) is 0 Å². The highest BCUT2D eigenvalue weighted by atomic mass is 79.9. The molecule has 0 aliphatic rings. The summed E-state index contributed by atoms with van der Waals surface area (Å²) >= 11 is 15.3. The van der Waals surface area contributed by atoms with Crippen LogP contribution < -0.4 is 5.32 Å². The average molecular weight is 386 g/mol. The average Bonchev–Trinajstić information content (AvgIpc) is 2.95. The van der Waals surface area contributed by atoms with Crippen molar-refractivity contribution in [3.8, 4) is 5.95 Å². The maximum absolute atomic E-state index is 5.93. The highest BCUT2D eigenvalue weighted by Crippen LogP contribution is 2.27. The van der Waals surface area contributed by atoms with Crippen LogP contribution in [0.4, 0.5) is 11.6 Å². The molecule has 2 aromatic heterocycles. The molecule has 21 heavy (non-hydrogen) atoms. The van der Waals surface area contributed by atoms with Crippen LogP contribution >= 0.6 is 39.1 Å². The van der Waals surface area contributed by atoms with Crippen LogP contribution in [0.5, 0.6) is 0 Å². The van der Waals surface area contributed by atoms with E-state index in [1.165, 1.54) is 0 Å². The zero-order chi connectivity index (χ0) is 14.8. The molecule has 0 aliphatic carbocycles. The molecule has 2 heterocycles. The van der Waals surface area contributed by atoms with Crippen LogP contribution in [0.15, 0.2) is 41.4 Å². The summed E-state index contributed by atoms with van der Waals surface area (Å²) in [5.74, 6) is 0.696.